The lowest BCUT2D eigenvalue weighted by atomic mass is 10.0. The Bertz CT molecular complexity index is 609. The van der Waals surface area contributed by atoms with Crippen LogP contribution in [0.3, 0.4) is 0 Å². The highest BCUT2D eigenvalue weighted by Gasteiger charge is 2.19. The van der Waals surface area contributed by atoms with Crippen molar-refractivity contribution in [3.8, 4) is 11.5 Å². The number of carboxylic acid groups (broad SMARTS) is 1. The van der Waals surface area contributed by atoms with Gasteiger partial charge in [0.05, 0.1) is 25.5 Å². The summed E-state index contributed by atoms with van der Waals surface area (Å²) in [6.07, 6.45) is 6.41. The second-order valence-electron chi connectivity index (χ2n) is 5.08. The predicted octanol–water partition coefficient (Wildman–Crippen LogP) is 2.70. The molecule has 0 spiro atoms. The smallest absolute Gasteiger partial charge is 0.335 e. The topological polar surface area (TPSA) is 84.9 Å². The summed E-state index contributed by atoms with van der Waals surface area (Å²) < 4.78 is 10.4. The summed E-state index contributed by atoms with van der Waals surface area (Å²) in [6.45, 7) is 0. The van der Waals surface area contributed by atoms with E-state index in [1.165, 1.54) is 26.4 Å². The first-order valence-electron chi connectivity index (χ1n) is 7.01. The Morgan fingerprint density at radius 3 is 2.64 bits per heavy atom. The number of carbonyl (C=O) groups excluding carboxylic acids is 1. The van der Waals surface area contributed by atoms with Crippen molar-refractivity contribution in [2.75, 3.05) is 19.5 Å². The lowest BCUT2D eigenvalue weighted by Crippen LogP contribution is -2.16. The number of allylic oxidation sites excluding steroid dienone is 2. The zero-order valence-electron chi connectivity index (χ0n) is 12.6. The highest BCUT2D eigenvalue weighted by molar-refractivity contribution is 5.96. The fourth-order valence-corrected chi connectivity index (χ4v) is 2.49. The Labute approximate surface area is 128 Å². The number of hydrogen-bond acceptors (Lipinski definition) is 4. The molecule has 1 unspecified atom stereocenters. The van der Waals surface area contributed by atoms with E-state index in [-0.39, 0.29) is 23.1 Å². The van der Waals surface area contributed by atoms with E-state index in [1.54, 1.807) is 0 Å². The number of anilines is 1. The lowest BCUT2D eigenvalue weighted by molar-refractivity contribution is -0.116. The number of ether oxygens (including phenoxy) is 2. The molecule has 0 fully saturated rings. The quantitative estimate of drug-likeness (QED) is 0.789. The van der Waals surface area contributed by atoms with Gasteiger partial charge in [0.2, 0.25) is 5.91 Å². The summed E-state index contributed by atoms with van der Waals surface area (Å²) in [7, 11) is 2.85. The monoisotopic (exact) mass is 305 g/mol. The Hall–Kier alpha value is -2.50. The molecule has 1 aliphatic rings. The van der Waals surface area contributed by atoms with Crippen LogP contribution in [-0.2, 0) is 4.79 Å². The molecule has 2 N–H and O–H groups in total. The normalized spacial score (nSPS) is 16.4. The highest BCUT2D eigenvalue weighted by Crippen LogP contribution is 2.37. The van der Waals surface area contributed by atoms with Gasteiger partial charge in [0.15, 0.2) is 11.5 Å². The fourth-order valence-electron chi connectivity index (χ4n) is 2.49. The minimum Gasteiger partial charge on any atom is -0.493 e. The molecule has 1 amide bonds. The largest absolute Gasteiger partial charge is 0.493 e. The van der Waals surface area contributed by atoms with Crippen LogP contribution in [0.4, 0.5) is 5.69 Å². The van der Waals surface area contributed by atoms with E-state index >= 15 is 0 Å². The van der Waals surface area contributed by atoms with Crippen LogP contribution in [0.25, 0.3) is 0 Å². The van der Waals surface area contributed by atoms with Gasteiger partial charge in [0.25, 0.3) is 0 Å². The predicted molar refractivity (Wildman–Crippen MR) is 81.6 cm³/mol. The average molecular weight is 305 g/mol. The maximum Gasteiger partial charge on any atom is 0.335 e. The average Bonchev–Trinajstić information content (AvgIpc) is 2.98. The molecular formula is C16H19NO5. The Kier molecular flexibility index (Phi) is 5.04. The van der Waals surface area contributed by atoms with Gasteiger partial charge in [-0.3, -0.25) is 4.79 Å². The van der Waals surface area contributed by atoms with Crippen molar-refractivity contribution in [1.29, 1.82) is 0 Å². The first kappa shape index (κ1) is 15.9. The van der Waals surface area contributed by atoms with Gasteiger partial charge in [-0.1, -0.05) is 12.2 Å². The molecule has 2 rings (SSSR count). The first-order valence-corrected chi connectivity index (χ1v) is 7.01. The van der Waals surface area contributed by atoms with Crippen LogP contribution in [-0.4, -0.2) is 31.2 Å². The van der Waals surface area contributed by atoms with Crippen LogP contribution in [0, 0.1) is 5.92 Å². The zero-order valence-corrected chi connectivity index (χ0v) is 12.6. The minimum absolute atomic E-state index is 0.0220. The van der Waals surface area contributed by atoms with Gasteiger partial charge in [-0.15, -0.1) is 0 Å². The lowest BCUT2D eigenvalue weighted by Gasteiger charge is -2.15. The van der Waals surface area contributed by atoms with Crippen molar-refractivity contribution in [3.63, 3.8) is 0 Å². The standard InChI is InChI=1S/C16H19NO5/c1-21-13-9-11(16(19)20)8-12(15(13)22-2)17-14(18)7-10-5-3-4-6-10/h3,5,8-10H,4,6-7H2,1-2H3,(H,17,18)(H,19,20). The van der Waals surface area contributed by atoms with E-state index in [1.807, 2.05) is 6.08 Å². The maximum absolute atomic E-state index is 12.1. The summed E-state index contributed by atoms with van der Waals surface area (Å²) in [5.41, 5.74) is 0.319. The summed E-state index contributed by atoms with van der Waals surface area (Å²) in [5.74, 6) is -0.480. The SMILES string of the molecule is COc1cc(C(=O)O)cc(NC(=O)CC2C=CCC2)c1OC. The second-order valence-corrected chi connectivity index (χ2v) is 5.08. The number of hydrogen-bond donors (Lipinski definition) is 2. The van der Waals surface area contributed by atoms with Crippen LogP contribution < -0.4 is 14.8 Å². The highest BCUT2D eigenvalue weighted by atomic mass is 16.5. The number of benzene rings is 1. The molecule has 0 radical (unpaired) electrons. The molecule has 118 valence electrons. The molecule has 1 atom stereocenters. The van der Waals surface area contributed by atoms with Gasteiger partial charge in [-0.05, 0) is 30.9 Å². The number of rotatable bonds is 6. The van der Waals surface area contributed by atoms with Crippen LogP contribution >= 0.6 is 0 Å². The zero-order chi connectivity index (χ0) is 16.1. The fraction of sp³-hybridized carbons (Fsp3) is 0.375. The molecule has 0 aromatic heterocycles. The molecule has 6 nitrogen and oxygen atoms in total. The number of methoxy groups -OCH3 is 2. The van der Waals surface area contributed by atoms with Gasteiger partial charge >= 0.3 is 5.97 Å². The molecule has 0 bridgehead atoms. The van der Waals surface area contributed by atoms with Gasteiger partial charge in [0, 0.05) is 6.42 Å². The van der Waals surface area contributed by atoms with E-state index in [4.69, 9.17) is 14.6 Å². The van der Waals surface area contributed by atoms with Crippen LogP contribution in [0.15, 0.2) is 24.3 Å². The van der Waals surface area contributed by atoms with Crippen molar-refractivity contribution in [1.82, 2.24) is 0 Å². The molecule has 6 heteroatoms. The first-order chi connectivity index (χ1) is 10.5. The van der Waals surface area contributed by atoms with Crippen LogP contribution in [0.5, 0.6) is 11.5 Å². The molecule has 22 heavy (non-hydrogen) atoms. The molecule has 0 aliphatic heterocycles. The third kappa shape index (κ3) is 3.58. The summed E-state index contributed by atoms with van der Waals surface area (Å²) in [4.78, 5) is 23.3. The Balaban J connectivity index is 2.23. The molecule has 0 saturated carbocycles. The number of carbonyl (C=O) groups is 2. The molecule has 1 aromatic rings. The van der Waals surface area contributed by atoms with Crippen molar-refractivity contribution >= 4 is 17.6 Å². The van der Waals surface area contributed by atoms with Crippen molar-refractivity contribution in [2.45, 2.75) is 19.3 Å². The van der Waals surface area contributed by atoms with Gasteiger partial charge < -0.3 is 19.9 Å². The molecule has 0 heterocycles. The van der Waals surface area contributed by atoms with Crippen LogP contribution in [0.1, 0.15) is 29.6 Å². The number of carboxylic acids is 1. The third-order valence-electron chi connectivity index (χ3n) is 3.56. The number of nitrogens with one attached hydrogen (secondary N) is 1. The molecule has 0 saturated heterocycles. The number of amides is 1. The Morgan fingerprint density at radius 1 is 1.32 bits per heavy atom. The van der Waals surface area contributed by atoms with Crippen molar-refractivity contribution < 1.29 is 24.2 Å². The van der Waals surface area contributed by atoms with E-state index in [0.717, 1.165) is 12.8 Å². The maximum atomic E-state index is 12.1. The molecule has 1 aromatic carbocycles. The minimum atomic E-state index is -1.10. The summed E-state index contributed by atoms with van der Waals surface area (Å²) in [5, 5.41) is 11.9. The van der Waals surface area contributed by atoms with Crippen LogP contribution in [0.2, 0.25) is 0 Å². The number of aromatic carboxylic acids is 1. The second kappa shape index (κ2) is 6.98. The summed E-state index contributed by atoms with van der Waals surface area (Å²) >= 11 is 0. The summed E-state index contributed by atoms with van der Waals surface area (Å²) in [6, 6.07) is 2.72. The van der Waals surface area contributed by atoms with E-state index in [9.17, 15) is 9.59 Å². The third-order valence-corrected chi connectivity index (χ3v) is 3.56. The van der Waals surface area contributed by atoms with E-state index < -0.39 is 5.97 Å². The Morgan fingerprint density at radius 2 is 2.09 bits per heavy atom. The van der Waals surface area contributed by atoms with Crippen molar-refractivity contribution in [3.05, 3.63) is 29.8 Å². The van der Waals surface area contributed by atoms with Gasteiger partial charge in [-0.2, -0.15) is 0 Å². The van der Waals surface area contributed by atoms with Gasteiger partial charge in [-0.25, -0.2) is 4.79 Å². The van der Waals surface area contributed by atoms with E-state index in [2.05, 4.69) is 11.4 Å². The van der Waals surface area contributed by atoms with Crippen molar-refractivity contribution in [2.24, 2.45) is 5.92 Å². The molecule has 1 aliphatic carbocycles. The molecular weight excluding hydrogens is 286 g/mol. The van der Waals surface area contributed by atoms with E-state index in [0.29, 0.717) is 17.9 Å². The van der Waals surface area contributed by atoms with Gasteiger partial charge in [0.1, 0.15) is 0 Å².